The summed E-state index contributed by atoms with van der Waals surface area (Å²) < 4.78 is 0. The number of hydrogen-bond donors (Lipinski definition) is 3. The molecule has 0 saturated heterocycles. The summed E-state index contributed by atoms with van der Waals surface area (Å²) in [5.41, 5.74) is 6.51. The number of aliphatic hydroxyl groups is 1. The van der Waals surface area contributed by atoms with Crippen molar-refractivity contribution in [2.45, 2.75) is 110 Å². The lowest BCUT2D eigenvalue weighted by Gasteiger charge is -2.61. The molecule has 0 aliphatic heterocycles. The highest BCUT2D eigenvalue weighted by Gasteiger charge is 2.60. The van der Waals surface area contributed by atoms with E-state index in [1.807, 2.05) is 0 Å². The van der Waals surface area contributed by atoms with Gasteiger partial charge in [0.05, 0.1) is 6.10 Å². The Balaban J connectivity index is 1.25. The van der Waals surface area contributed by atoms with Crippen LogP contribution in [0.5, 0.6) is 0 Å². The zero-order chi connectivity index (χ0) is 25.9. The zero-order valence-electron chi connectivity index (χ0n) is 23.9. The van der Waals surface area contributed by atoms with E-state index in [0.29, 0.717) is 23.2 Å². The fourth-order valence-electron chi connectivity index (χ4n) is 9.91. The summed E-state index contributed by atoms with van der Waals surface area (Å²) in [7, 11) is 2.13. The normalized spacial score (nSPS) is 40.9. The van der Waals surface area contributed by atoms with E-state index in [1.165, 1.54) is 44.9 Å². The number of carbonyl (C=O) groups excluding carboxylic acids is 1. The van der Waals surface area contributed by atoms with Gasteiger partial charge in [0.1, 0.15) is 0 Å². The van der Waals surface area contributed by atoms with Gasteiger partial charge in [0.15, 0.2) is 0 Å². The third kappa shape index (κ3) is 5.83. The van der Waals surface area contributed by atoms with Crippen LogP contribution >= 0.6 is 0 Å². The van der Waals surface area contributed by atoms with E-state index in [2.05, 4.69) is 38.0 Å². The molecule has 1 amide bonds. The van der Waals surface area contributed by atoms with Crippen LogP contribution < -0.4 is 11.1 Å². The number of hydrogen-bond acceptors (Lipinski definition) is 4. The Bertz CT molecular complexity index is 731. The monoisotopic (exact) mass is 503 g/mol. The second-order valence-corrected chi connectivity index (χ2v) is 14.0. The molecule has 0 spiro atoms. The minimum absolute atomic E-state index is 0.0509. The van der Waals surface area contributed by atoms with Gasteiger partial charge in [-0.3, -0.25) is 4.79 Å². The maximum Gasteiger partial charge on any atom is 0.220 e. The Morgan fingerprint density at radius 2 is 1.75 bits per heavy atom. The predicted octanol–water partition coefficient (Wildman–Crippen LogP) is 5.21. The summed E-state index contributed by atoms with van der Waals surface area (Å²) in [6.07, 6.45) is 15.3. The molecular weight excluding hydrogens is 446 g/mol. The van der Waals surface area contributed by atoms with Crippen LogP contribution in [-0.4, -0.2) is 55.2 Å². The largest absolute Gasteiger partial charge is 0.393 e. The van der Waals surface area contributed by atoms with Crippen molar-refractivity contribution in [2.24, 2.45) is 52.1 Å². The number of nitrogens with zero attached hydrogens (tertiary/aromatic N) is 1. The van der Waals surface area contributed by atoms with Gasteiger partial charge in [0.2, 0.25) is 5.91 Å². The van der Waals surface area contributed by atoms with Crippen molar-refractivity contribution < 1.29 is 9.90 Å². The van der Waals surface area contributed by atoms with Gasteiger partial charge in [-0.05, 0) is 150 Å². The van der Waals surface area contributed by atoms with Gasteiger partial charge < -0.3 is 21.1 Å². The Kier molecular flexibility index (Phi) is 9.48. The lowest BCUT2D eigenvalue weighted by atomic mass is 9.44. The quantitative estimate of drug-likeness (QED) is 0.338. The number of rotatable bonds is 11. The van der Waals surface area contributed by atoms with Gasteiger partial charge in [0.25, 0.3) is 0 Å². The van der Waals surface area contributed by atoms with Crippen molar-refractivity contribution in [3.8, 4) is 0 Å². The first-order valence-corrected chi connectivity index (χ1v) is 15.5. The molecule has 0 bridgehead atoms. The van der Waals surface area contributed by atoms with Crippen LogP contribution in [0.3, 0.4) is 0 Å². The average molecular weight is 504 g/mol. The minimum Gasteiger partial charge on any atom is -0.393 e. The van der Waals surface area contributed by atoms with Gasteiger partial charge in [0, 0.05) is 13.0 Å². The Labute approximate surface area is 221 Å². The number of nitrogens with two attached hydrogens (primary N) is 1. The molecule has 0 aromatic heterocycles. The van der Waals surface area contributed by atoms with Crippen LogP contribution in [0.15, 0.2) is 0 Å². The molecule has 4 saturated carbocycles. The highest BCUT2D eigenvalue weighted by Crippen LogP contribution is 2.68. The smallest absolute Gasteiger partial charge is 0.220 e. The molecule has 0 aromatic carbocycles. The molecule has 5 nitrogen and oxygen atoms in total. The molecule has 4 rings (SSSR count). The average Bonchev–Trinajstić information content (AvgIpc) is 3.21. The predicted molar refractivity (Wildman–Crippen MR) is 148 cm³/mol. The number of fused-ring (bicyclic) bond motifs is 5. The van der Waals surface area contributed by atoms with E-state index in [1.54, 1.807) is 0 Å². The lowest BCUT2D eigenvalue weighted by Crippen LogP contribution is -2.54. The van der Waals surface area contributed by atoms with Gasteiger partial charge in [-0.15, -0.1) is 0 Å². The zero-order valence-corrected chi connectivity index (χ0v) is 23.9. The van der Waals surface area contributed by atoms with Crippen molar-refractivity contribution in [2.75, 3.05) is 33.2 Å². The summed E-state index contributed by atoms with van der Waals surface area (Å²) in [6, 6.07) is 0. The van der Waals surface area contributed by atoms with Gasteiger partial charge in [-0.25, -0.2) is 0 Å². The first-order valence-electron chi connectivity index (χ1n) is 15.5. The number of carbonyl (C=O) groups is 1. The third-order valence-electron chi connectivity index (χ3n) is 12.0. The summed E-state index contributed by atoms with van der Waals surface area (Å²) in [6.45, 7) is 11.2. The fourth-order valence-corrected chi connectivity index (χ4v) is 9.91. The van der Waals surface area contributed by atoms with E-state index in [0.717, 1.165) is 87.9 Å². The maximum absolute atomic E-state index is 12.6. The molecule has 5 heteroatoms. The molecule has 0 heterocycles. The van der Waals surface area contributed by atoms with Crippen molar-refractivity contribution in [1.29, 1.82) is 0 Å². The molecule has 4 fully saturated rings. The highest BCUT2D eigenvalue weighted by atomic mass is 16.3. The van der Waals surface area contributed by atoms with Crippen molar-refractivity contribution in [3.05, 3.63) is 0 Å². The van der Waals surface area contributed by atoms with Crippen molar-refractivity contribution in [1.82, 2.24) is 10.2 Å². The number of aliphatic hydroxyl groups excluding tert-OH is 1. The summed E-state index contributed by atoms with van der Waals surface area (Å²) in [5.74, 6) is 5.01. The topological polar surface area (TPSA) is 78.6 Å². The van der Waals surface area contributed by atoms with E-state index in [9.17, 15) is 9.90 Å². The molecule has 4 aliphatic carbocycles. The molecule has 208 valence electrons. The second kappa shape index (κ2) is 12.0. The van der Waals surface area contributed by atoms with E-state index >= 15 is 0 Å². The van der Waals surface area contributed by atoms with Crippen LogP contribution in [0.25, 0.3) is 0 Å². The molecule has 0 aromatic rings. The summed E-state index contributed by atoms with van der Waals surface area (Å²) >= 11 is 0. The Morgan fingerprint density at radius 3 is 2.53 bits per heavy atom. The highest BCUT2D eigenvalue weighted by molar-refractivity contribution is 5.75. The lowest BCUT2D eigenvalue weighted by molar-refractivity contribution is -0.129. The van der Waals surface area contributed by atoms with E-state index in [4.69, 9.17) is 5.73 Å². The van der Waals surface area contributed by atoms with Crippen molar-refractivity contribution >= 4 is 5.91 Å². The molecule has 9 atom stereocenters. The Morgan fingerprint density at radius 1 is 1.03 bits per heavy atom. The third-order valence-corrected chi connectivity index (χ3v) is 12.0. The number of amides is 1. The first kappa shape index (κ1) is 28.4. The van der Waals surface area contributed by atoms with Gasteiger partial charge in [-0.1, -0.05) is 20.8 Å². The van der Waals surface area contributed by atoms with Crippen LogP contribution in [0.4, 0.5) is 0 Å². The number of nitrogens with one attached hydrogen (secondary N) is 1. The summed E-state index contributed by atoms with van der Waals surface area (Å²) in [5, 5.41) is 13.5. The van der Waals surface area contributed by atoms with Crippen LogP contribution in [0.2, 0.25) is 0 Å². The second-order valence-electron chi connectivity index (χ2n) is 14.0. The SMILES string of the molecule is C[C@H](CCC(=O)NCCCN(C)CCCN)[C@H]1CC[C@H]2[C@@H]3CC[C@@H]4C[C@H](O)CC[C@]4(C)[C@H]3CC[C@]12C. The van der Waals surface area contributed by atoms with Crippen molar-refractivity contribution in [3.63, 3.8) is 0 Å². The summed E-state index contributed by atoms with van der Waals surface area (Å²) in [4.78, 5) is 14.9. The van der Waals surface area contributed by atoms with Crippen LogP contribution in [0, 0.1) is 46.3 Å². The maximum atomic E-state index is 12.6. The molecule has 0 unspecified atom stereocenters. The van der Waals surface area contributed by atoms with Gasteiger partial charge in [-0.2, -0.15) is 0 Å². The molecule has 4 aliphatic rings. The molecule has 4 N–H and O–H groups in total. The molecular formula is C31H57N3O2. The fraction of sp³-hybridized carbons (Fsp3) is 0.968. The Hall–Kier alpha value is -0.650. The minimum atomic E-state index is -0.0509. The van der Waals surface area contributed by atoms with Crippen LogP contribution in [0.1, 0.15) is 104 Å². The molecule has 36 heavy (non-hydrogen) atoms. The van der Waals surface area contributed by atoms with E-state index in [-0.39, 0.29) is 12.0 Å². The first-order chi connectivity index (χ1) is 17.2. The molecule has 0 radical (unpaired) electrons. The van der Waals surface area contributed by atoms with E-state index < -0.39 is 0 Å². The van der Waals surface area contributed by atoms with Gasteiger partial charge >= 0.3 is 0 Å². The van der Waals surface area contributed by atoms with Crippen LogP contribution in [-0.2, 0) is 4.79 Å². The standard InChI is InChI=1S/C31H57N3O2/c1-22(7-12-29(36)33-18-6-20-34(4)19-5-17-32)26-10-11-27-25-9-8-23-21-24(35)13-15-30(23,2)28(25)14-16-31(26,27)3/h22-28,35H,5-21,32H2,1-4H3,(H,33,36)/t22-,23-,24-,25+,26-,27+,28+,30+,31-/m1/s1.